The van der Waals surface area contributed by atoms with Gasteiger partial charge in [-0.2, -0.15) is 0 Å². The second-order valence-electron chi connectivity index (χ2n) is 5.41. The van der Waals surface area contributed by atoms with E-state index in [-0.39, 0.29) is 5.78 Å². The van der Waals surface area contributed by atoms with Gasteiger partial charge in [0.2, 0.25) is 0 Å². The zero-order valence-electron chi connectivity index (χ0n) is 12.3. The first-order chi connectivity index (χ1) is 10.1. The quantitative estimate of drug-likeness (QED) is 0.668. The second-order valence-corrected chi connectivity index (χ2v) is 5.41. The van der Waals surface area contributed by atoms with Gasteiger partial charge in [-0.3, -0.25) is 9.78 Å². The average Bonchev–Trinajstić information content (AvgIpc) is 2.50. The lowest BCUT2D eigenvalue weighted by Gasteiger charge is -2.08. The van der Waals surface area contributed by atoms with E-state index in [9.17, 15) is 4.79 Å². The number of carbonyl (C=O) groups is 1. The number of nitrogens with zero attached hydrogens (tertiary/aromatic N) is 1. The van der Waals surface area contributed by atoms with Gasteiger partial charge < -0.3 is 0 Å². The molecule has 0 radical (unpaired) electrons. The molecule has 3 rings (SSSR count). The molecule has 2 heteroatoms. The number of rotatable bonds is 3. The van der Waals surface area contributed by atoms with Crippen LogP contribution in [0.15, 0.2) is 54.7 Å². The molecule has 0 N–H and O–H groups in total. The Labute approximate surface area is 124 Å². The number of pyridine rings is 1. The number of fused-ring (bicyclic) bond motifs is 1. The zero-order chi connectivity index (χ0) is 14.8. The molecule has 0 aliphatic rings. The van der Waals surface area contributed by atoms with Crippen molar-refractivity contribution < 1.29 is 4.79 Å². The lowest BCUT2D eigenvalue weighted by atomic mass is 9.96. The van der Waals surface area contributed by atoms with Gasteiger partial charge >= 0.3 is 0 Å². The lowest BCUT2D eigenvalue weighted by molar-refractivity contribution is 0.0992. The zero-order valence-corrected chi connectivity index (χ0v) is 12.3. The molecular weight excluding hydrogens is 258 g/mol. The number of para-hydroxylation sites is 1. The summed E-state index contributed by atoms with van der Waals surface area (Å²) in [6.45, 7) is 4.00. The minimum atomic E-state index is 0.160. The molecule has 104 valence electrons. The Morgan fingerprint density at radius 1 is 1.05 bits per heavy atom. The number of aryl methyl sites for hydroxylation is 2. The third kappa shape index (κ3) is 2.70. The van der Waals surface area contributed by atoms with E-state index in [1.807, 2.05) is 62.4 Å². The standard InChI is InChI=1S/C19H17NO/c1-13-7-8-14(2)17(11-13)19(21)12-15-9-10-20-18-6-4-3-5-16(15)18/h3-11H,12H2,1-2H3. The van der Waals surface area contributed by atoms with Gasteiger partial charge in [0.25, 0.3) is 0 Å². The smallest absolute Gasteiger partial charge is 0.167 e. The van der Waals surface area contributed by atoms with Crippen molar-refractivity contribution in [3.63, 3.8) is 0 Å². The number of hydrogen-bond donors (Lipinski definition) is 0. The van der Waals surface area contributed by atoms with E-state index in [1.54, 1.807) is 6.20 Å². The molecular formula is C19H17NO. The van der Waals surface area contributed by atoms with Crippen LogP contribution in [0.25, 0.3) is 10.9 Å². The van der Waals surface area contributed by atoms with Gasteiger partial charge in [0, 0.05) is 23.6 Å². The van der Waals surface area contributed by atoms with Crippen molar-refractivity contribution in [2.75, 3.05) is 0 Å². The number of Topliss-reactive ketones (excluding diaryl/α,β-unsaturated/α-hetero) is 1. The molecule has 0 aliphatic heterocycles. The molecule has 0 unspecified atom stereocenters. The molecule has 0 aliphatic carbocycles. The predicted octanol–water partition coefficient (Wildman–Crippen LogP) is 4.28. The van der Waals surface area contributed by atoms with Crippen LogP contribution in [-0.2, 0) is 6.42 Å². The van der Waals surface area contributed by atoms with Crippen LogP contribution >= 0.6 is 0 Å². The molecule has 0 saturated heterocycles. The first-order valence-corrected chi connectivity index (χ1v) is 7.08. The predicted molar refractivity (Wildman–Crippen MR) is 85.7 cm³/mol. The Balaban J connectivity index is 1.99. The van der Waals surface area contributed by atoms with Crippen LogP contribution in [0, 0.1) is 13.8 Å². The van der Waals surface area contributed by atoms with E-state index in [4.69, 9.17) is 0 Å². The first-order valence-electron chi connectivity index (χ1n) is 7.08. The highest BCUT2D eigenvalue weighted by atomic mass is 16.1. The maximum Gasteiger partial charge on any atom is 0.167 e. The Morgan fingerprint density at radius 3 is 2.71 bits per heavy atom. The fraction of sp³-hybridized carbons (Fsp3) is 0.158. The van der Waals surface area contributed by atoms with Gasteiger partial charge in [0.05, 0.1) is 5.52 Å². The number of hydrogen-bond acceptors (Lipinski definition) is 2. The second kappa shape index (κ2) is 5.49. The number of ketones is 1. The molecule has 2 nitrogen and oxygen atoms in total. The van der Waals surface area contributed by atoms with E-state index >= 15 is 0 Å². The third-order valence-electron chi connectivity index (χ3n) is 3.78. The van der Waals surface area contributed by atoms with Gasteiger partial charge in [-0.15, -0.1) is 0 Å². The minimum absolute atomic E-state index is 0.160. The van der Waals surface area contributed by atoms with Crippen LogP contribution in [0.5, 0.6) is 0 Å². The summed E-state index contributed by atoms with van der Waals surface area (Å²) in [6, 6.07) is 15.9. The highest BCUT2D eigenvalue weighted by molar-refractivity contribution is 6.00. The van der Waals surface area contributed by atoms with E-state index < -0.39 is 0 Å². The Morgan fingerprint density at radius 2 is 1.86 bits per heavy atom. The summed E-state index contributed by atoms with van der Waals surface area (Å²) in [5, 5.41) is 1.05. The van der Waals surface area contributed by atoms with Crippen LogP contribution in [0.4, 0.5) is 0 Å². The summed E-state index contributed by atoms with van der Waals surface area (Å²) >= 11 is 0. The van der Waals surface area contributed by atoms with Crippen LogP contribution in [0.1, 0.15) is 27.0 Å². The van der Waals surface area contributed by atoms with Crippen molar-refractivity contribution in [3.05, 3.63) is 77.0 Å². The number of carbonyl (C=O) groups excluding carboxylic acids is 1. The SMILES string of the molecule is Cc1ccc(C)c(C(=O)Cc2ccnc3ccccc23)c1. The highest BCUT2D eigenvalue weighted by Crippen LogP contribution is 2.19. The van der Waals surface area contributed by atoms with Gasteiger partial charge in [-0.1, -0.05) is 35.9 Å². The van der Waals surface area contributed by atoms with Crippen LogP contribution < -0.4 is 0 Å². The molecule has 1 aromatic heterocycles. The molecule has 21 heavy (non-hydrogen) atoms. The van der Waals surface area contributed by atoms with E-state index in [0.29, 0.717) is 6.42 Å². The van der Waals surface area contributed by atoms with Crippen molar-refractivity contribution in [2.24, 2.45) is 0 Å². The van der Waals surface area contributed by atoms with E-state index in [1.165, 1.54) is 0 Å². The van der Waals surface area contributed by atoms with Crippen molar-refractivity contribution >= 4 is 16.7 Å². The fourth-order valence-corrected chi connectivity index (χ4v) is 2.61. The Hall–Kier alpha value is -2.48. The monoisotopic (exact) mass is 275 g/mol. The normalized spacial score (nSPS) is 10.8. The minimum Gasteiger partial charge on any atom is -0.294 e. The summed E-state index contributed by atoms with van der Waals surface area (Å²) < 4.78 is 0. The highest BCUT2D eigenvalue weighted by Gasteiger charge is 2.12. The molecule has 1 heterocycles. The summed E-state index contributed by atoms with van der Waals surface area (Å²) in [6.07, 6.45) is 2.18. The Kier molecular flexibility index (Phi) is 3.53. The van der Waals surface area contributed by atoms with Gasteiger partial charge in [0.1, 0.15) is 0 Å². The fourth-order valence-electron chi connectivity index (χ4n) is 2.61. The average molecular weight is 275 g/mol. The molecule has 0 bridgehead atoms. The largest absolute Gasteiger partial charge is 0.294 e. The topological polar surface area (TPSA) is 30.0 Å². The molecule has 3 aromatic rings. The maximum atomic E-state index is 12.6. The number of benzene rings is 2. The van der Waals surface area contributed by atoms with Crippen LogP contribution in [-0.4, -0.2) is 10.8 Å². The van der Waals surface area contributed by atoms with Gasteiger partial charge in [-0.25, -0.2) is 0 Å². The van der Waals surface area contributed by atoms with Crippen molar-refractivity contribution in [1.29, 1.82) is 0 Å². The Bertz CT molecular complexity index is 815. The van der Waals surface area contributed by atoms with Crippen molar-refractivity contribution in [3.8, 4) is 0 Å². The lowest BCUT2D eigenvalue weighted by Crippen LogP contribution is -2.06. The summed E-state index contributed by atoms with van der Waals surface area (Å²) in [7, 11) is 0. The van der Waals surface area contributed by atoms with Crippen LogP contribution in [0.3, 0.4) is 0 Å². The molecule has 0 spiro atoms. The molecule has 0 saturated carbocycles. The van der Waals surface area contributed by atoms with E-state index in [0.717, 1.165) is 33.2 Å². The summed E-state index contributed by atoms with van der Waals surface area (Å²) in [5.74, 6) is 0.160. The molecule has 0 atom stereocenters. The summed E-state index contributed by atoms with van der Waals surface area (Å²) in [4.78, 5) is 17.0. The van der Waals surface area contributed by atoms with Crippen LogP contribution in [0.2, 0.25) is 0 Å². The molecule has 2 aromatic carbocycles. The van der Waals surface area contributed by atoms with Gasteiger partial charge in [-0.05, 0) is 43.2 Å². The summed E-state index contributed by atoms with van der Waals surface area (Å²) in [5.41, 5.74) is 4.93. The number of aromatic nitrogens is 1. The molecule has 0 amide bonds. The molecule has 0 fully saturated rings. The van der Waals surface area contributed by atoms with E-state index in [2.05, 4.69) is 4.98 Å². The van der Waals surface area contributed by atoms with Crippen molar-refractivity contribution in [1.82, 2.24) is 4.98 Å². The van der Waals surface area contributed by atoms with Gasteiger partial charge in [0.15, 0.2) is 5.78 Å². The third-order valence-corrected chi connectivity index (χ3v) is 3.78. The maximum absolute atomic E-state index is 12.6. The van der Waals surface area contributed by atoms with Crippen molar-refractivity contribution in [2.45, 2.75) is 20.3 Å². The first kappa shape index (κ1) is 13.5.